The van der Waals surface area contributed by atoms with Gasteiger partial charge in [0.05, 0.1) is 5.41 Å². The fourth-order valence-electron chi connectivity index (χ4n) is 10.9. The molecule has 2 heteroatoms. The van der Waals surface area contributed by atoms with Gasteiger partial charge in [-0.1, -0.05) is 200 Å². The normalized spacial score (nSPS) is 12.6. The van der Waals surface area contributed by atoms with Crippen molar-refractivity contribution in [1.82, 2.24) is 0 Å². The molecule has 0 saturated carbocycles. The molecule has 0 N–H and O–H groups in total. The summed E-state index contributed by atoms with van der Waals surface area (Å²) in [6, 6.07) is 95.0. The van der Waals surface area contributed by atoms with Crippen LogP contribution in [-0.2, 0) is 5.41 Å². The molecule has 314 valence electrons. The van der Waals surface area contributed by atoms with Gasteiger partial charge in [0.25, 0.3) is 0 Å². The molecule has 0 radical (unpaired) electrons. The maximum Gasteiger partial charge on any atom is 0.137 e. The van der Waals surface area contributed by atoms with Crippen LogP contribution in [0.4, 0.5) is 17.1 Å². The third kappa shape index (κ3) is 6.33. The number of anilines is 3. The Morgan fingerprint density at radius 1 is 0.299 bits per heavy atom. The second kappa shape index (κ2) is 15.8. The van der Waals surface area contributed by atoms with E-state index < -0.39 is 5.41 Å². The Bertz CT molecular complexity index is 3750. The van der Waals surface area contributed by atoms with E-state index in [9.17, 15) is 0 Å². The molecule has 67 heavy (non-hydrogen) atoms. The number of hydrogen-bond donors (Lipinski definition) is 0. The quantitative estimate of drug-likeness (QED) is 0.151. The van der Waals surface area contributed by atoms with E-state index >= 15 is 0 Å². The molecule has 0 saturated heterocycles. The first-order chi connectivity index (χ1) is 33.2. The molecule has 13 rings (SSSR count). The van der Waals surface area contributed by atoms with Gasteiger partial charge in [0, 0.05) is 33.9 Å². The van der Waals surface area contributed by atoms with E-state index in [0.717, 1.165) is 44.6 Å². The highest BCUT2D eigenvalue weighted by molar-refractivity contribution is 6.06. The molecule has 0 bridgehead atoms. The summed E-state index contributed by atoms with van der Waals surface area (Å²) < 4.78 is 6.47. The van der Waals surface area contributed by atoms with E-state index in [1.165, 1.54) is 72.0 Å². The Hall–Kier alpha value is -8.72. The monoisotopic (exact) mass is 853 g/mol. The van der Waals surface area contributed by atoms with E-state index in [2.05, 4.69) is 254 Å². The SMILES string of the molecule is c1ccc(C2(c3ccccc3)c3ccccc3-c3c(-c4ccc(N(c5ccc(-c6cccc(-c7ccc8ccccc8c7)c6)cc5)c5ccc6c(c5)oc5ccccc56)cc4)cccc32)cc1. The summed E-state index contributed by atoms with van der Waals surface area (Å²) in [6.07, 6.45) is 0. The van der Waals surface area contributed by atoms with Crippen LogP contribution >= 0.6 is 0 Å². The van der Waals surface area contributed by atoms with Gasteiger partial charge in [-0.05, 0) is 132 Å². The van der Waals surface area contributed by atoms with Crippen LogP contribution in [-0.4, -0.2) is 0 Å². The minimum absolute atomic E-state index is 0.458. The van der Waals surface area contributed by atoms with Crippen molar-refractivity contribution in [3.63, 3.8) is 0 Å². The van der Waals surface area contributed by atoms with Crippen molar-refractivity contribution in [1.29, 1.82) is 0 Å². The lowest BCUT2D eigenvalue weighted by atomic mass is 9.67. The Morgan fingerprint density at radius 2 is 0.836 bits per heavy atom. The number of hydrogen-bond acceptors (Lipinski definition) is 2. The molecule has 0 atom stereocenters. The van der Waals surface area contributed by atoms with Gasteiger partial charge in [0.1, 0.15) is 11.2 Å². The molecule has 0 aliphatic heterocycles. The Kier molecular flexibility index (Phi) is 9.11. The minimum Gasteiger partial charge on any atom is -0.456 e. The van der Waals surface area contributed by atoms with Crippen molar-refractivity contribution in [2.45, 2.75) is 5.41 Å². The molecule has 1 aliphatic carbocycles. The lowest BCUT2D eigenvalue weighted by Crippen LogP contribution is -2.28. The standard InChI is InChI=1S/C65H43NO/c1-3-19-51(20-4-1)65(52-21-5-2-6-22-52)60-26-11-9-24-59(60)64-56(25-14-27-61(64)65)46-33-37-54(38-34-46)66(55-39-40-58-57-23-10-12-28-62(57)67-63(58)43-55)53-35-31-45(32-36-53)48-17-13-18-49(41-48)50-30-29-44-15-7-8-16-47(44)42-50/h1-43H. The zero-order valence-corrected chi connectivity index (χ0v) is 36.7. The Balaban J connectivity index is 0.915. The summed E-state index contributed by atoms with van der Waals surface area (Å²) in [4.78, 5) is 2.34. The van der Waals surface area contributed by atoms with E-state index in [1.54, 1.807) is 0 Å². The van der Waals surface area contributed by atoms with Gasteiger partial charge in [-0.2, -0.15) is 0 Å². The van der Waals surface area contributed by atoms with Crippen molar-refractivity contribution in [3.8, 4) is 44.5 Å². The third-order valence-corrected chi connectivity index (χ3v) is 13.9. The zero-order chi connectivity index (χ0) is 44.3. The van der Waals surface area contributed by atoms with Gasteiger partial charge in [0.15, 0.2) is 0 Å². The molecule has 11 aromatic carbocycles. The number of rotatable bonds is 8. The first-order valence-electron chi connectivity index (χ1n) is 23.1. The zero-order valence-electron chi connectivity index (χ0n) is 36.7. The number of nitrogens with zero attached hydrogens (tertiary/aromatic N) is 1. The van der Waals surface area contributed by atoms with Gasteiger partial charge in [-0.25, -0.2) is 0 Å². The van der Waals surface area contributed by atoms with Crippen molar-refractivity contribution in [2.24, 2.45) is 0 Å². The van der Waals surface area contributed by atoms with E-state index in [4.69, 9.17) is 4.42 Å². The number of furan rings is 1. The maximum atomic E-state index is 6.47. The molecule has 0 fully saturated rings. The van der Waals surface area contributed by atoms with Crippen LogP contribution in [0, 0.1) is 0 Å². The number of benzene rings is 11. The van der Waals surface area contributed by atoms with Gasteiger partial charge in [0.2, 0.25) is 0 Å². The topological polar surface area (TPSA) is 16.4 Å². The van der Waals surface area contributed by atoms with Gasteiger partial charge >= 0.3 is 0 Å². The van der Waals surface area contributed by atoms with Crippen molar-refractivity contribution >= 4 is 49.8 Å². The lowest BCUT2D eigenvalue weighted by molar-refractivity contribution is 0.669. The average Bonchev–Trinajstić information content (AvgIpc) is 3.93. The van der Waals surface area contributed by atoms with Crippen LogP contribution in [0.5, 0.6) is 0 Å². The van der Waals surface area contributed by atoms with E-state index in [1.807, 2.05) is 12.1 Å². The number of para-hydroxylation sites is 1. The molecule has 2 nitrogen and oxygen atoms in total. The number of fused-ring (bicyclic) bond motifs is 7. The summed E-state index contributed by atoms with van der Waals surface area (Å²) in [6.45, 7) is 0. The molecule has 0 unspecified atom stereocenters. The molecular formula is C65H43NO. The summed E-state index contributed by atoms with van der Waals surface area (Å²) >= 11 is 0. The smallest absolute Gasteiger partial charge is 0.137 e. The predicted octanol–water partition coefficient (Wildman–Crippen LogP) is 17.6. The largest absolute Gasteiger partial charge is 0.456 e. The lowest BCUT2D eigenvalue weighted by Gasteiger charge is -2.34. The first kappa shape index (κ1) is 38.7. The summed E-state index contributed by atoms with van der Waals surface area (Å²) in [5, 5.41) is 4.72. The molecule has 0 spiro atoms. The molecule has 1 aliphatic rings. The Labute approximate surface area is 390 Å². The average molecular weight is 854 g/mol. The maximum absolute atomic E-state index is 6.47. The van der Waals surface area contributed by atoms with Crippen molar-refractivity contribution < 1.29 is 4.42 Å². The van der Waals surface area contributed by atoms with E-state index in [0.29, 0.717) is 0 Å². The summed E-state index contributed by atoms with van der Waals surface area (Å²) in [7, 11) is 0. The molecule has 12 aromatic rings. The van der Waals surface area contributed by atoms with Crippen LogP contribution in [0.15, 0.2) is 265 Å². The summed E-state index contributed by atoms with van der Waals surface area (Å²) in [5.41, 5.74) is 19.3. The highest BCUT2D eigenvalue weighted by atomic mass is 16.3. The molecule has 1 heterocycles. The van der Waals surface area contributed by atoms with Gasteiger partial charge in [-0.15, -0.1) is 0 Å². The molecule has 1 aromatic heterocycles. The fourth-order valence-corrected chi connectivity index (χ4v) is 10.9. The Morgan fingerprint density at radius 3 is 1.60 bits per heavy atom. The van der Waals surface area contributed by atoms with Crippen LogP contribution < -0.4 is 4.90 Å². The van der Waals surface area contributed by atoms with Gasteiger partial charge < -0.3 is 9.32 Å². The van der Waals surface area contributed by atoms with Crippen LogP contribution in [0.3, 0.4) is 0 Å². The highest BCUT2D eigenvalue weighted by Crippen LogP contribution is 2.58. The minimum atomic E-state index is -0.458. The van der Waals surface area contributed by atoms with Crippen LogP contribution in [0.25, 0.3) is 77.2 Å². The van der Waals surface area contributed by atoms with Gasteiger partial charge in [-0.3, -0.25) is 0 Å². The van der Waals surface area contributed by atoms with E-state index in [-0.39, 0.29) is 0 Å². The van der Waals surface area contributed by atoms with Crippen LogP contribution in [0.1, 0.15) is 22.3 Å². The molecule has 0 amide bonds. The highest BCUT2D eigenvalue weighted by Gasteiger charge is 2.46. The molecular weight excluding hydrogens is 811 g/mol. The fraction of sp³-hybridized carbons (Fsp3) is 0.0154. The predicted molar refractivity (Wildman–Crippen MR) is 280 cm³/mol. The van der Waals surface area contributed by atoms with Crippen molar-refractivity contribution in [3.05, 3.63) is 283 Å². The van der Waals surface area contributed by atoms with Crippen LogP contribution in [0.2, 0.25) is 0 Å². The van der Waals surface area contributed by atoms with Crippen molar-refractivity contribution in [2.75, 3.05) is 4.90 Å². The second-order valence-electron chi connectivity index (χ2n) is 17.6. The third-order valence-electron chi connectivity index (χ3n) is 13.9. The summed E-state index contributed by atoms with van der Waals surface area (Å²) in [5.74, 6) is 0. The first-order valence-corrected chi connectivity index (χ1v) is 23.1. The second-order valence-corrected chi connectivity index (χ2v) is 17.6.